The van der Waals surface area contributed by atoms with Crippen LogP contribution >= 0.6 is 11.6 Å². The minimum absolute atomic E-state index is 0.0604. The van der Waals surface area contributed by atoms with Crippen molar-refractivity contribution >= 4 is 40.0 Å². The van der Waals surface area contributed by atoms with E-state index in [1.807, 2.05) is 0 Å². The van der Waals surface area contributed by atoms with E-state index in [1.165, 1.54) is 37.5 Å². The van der Waals surface area contributed by atoms with Crippen LogP contribution in [0.3, 0.4) is 0 Å². The van der Waals surface area contributed by atoms with Gasteiger partial charge in [-0.1, -0.05) is 23.7 Å². The van der Waals surface area contributed by atoms with Crippen LogP contribution in [0.15, 0.2) is 76.8 Å². The van der Waals surface area contributed by atoms with Crippen molar-refractivity contribution in [3.05, 3.63) is 104 Å². The number of anilines is 1. The second-order valence-electron chi connectivity index (χ2n) is 9.07. The van der Waals surface area contributed by atoms with Crippen LogP contribution in [0.25, 0.3) is 10.9 Å². The lowest BCUT2D eigenvalue weighted by Crippen LogP contribution is -2.41. The van der Waals surface area contributed by atoms with Gasteiger partial charge in [0.15, 0.2) is 11.5 Å². The third-order valence-corrected chi connectivity index (χ3v) is 6.66. The van der Waals surface area contributed by atoms with Crippen LogP contribution in [-0.4, -0.2) is 34.9 Å². The first-order valence-electron chi connectivity index (χ1n) is 12.5. The number of aromatic nitrogens is 2. The molecule has 0 saturated heterocycles. The molecule has 0 fully saturated rings. The van der Waals surface area contributed by atoms with Crippen LogP contribution in [0.1, 0.15) is 15.9 Å². The highest BCUT2D eigenvalue weighted by Gasteiger charge is 2.19. The predicted molar refractivity (Wildman–Crippen MR) is 153 cm³/mol. The molecule has 0 saturated carbocycles. The van der Waals surface area contributed by atoms with Gasteiger partial charge in [-0.05, 0) is 54.1 Å². The maximum Gasteiger partial charge on any atom is 0.332 e. The molecule has 12 heteroatoms. The van der Waals surface area contributed by atoms with Gasteiger partial charge in [-0.15, -0.1) is 6.58 Å². The SMILES string of the molecule is C=CCn1c(=O)c2ccc(C(=O)NCc3ccc4c(c3)OCO4)cc2n(CC(=O)Nc2cc(Cl)ccc2OC)c1=O. The Hall–Kier alpha value is -5.03. The van der Waals surface area contributed by atoms with Crippen LogP contribution < -0.4 is 36.1 Å². The van der Waals surface area contributed by atoms with E-state index in [0.29, 0.717) is 28.0 Å². The van der Waals surface area contributed by atoms with Crippen molar-refractivity contribution < 1.29 is 23.8 Å². The molecule has 11 nitrogen and oxygen atoms in total. The first kappa shape index (κ1) is 27.5. The lowest BCUT2D eigenvalue weighted by molar-refractivity contribution is -0.116. The maximum absolute atomic E-state index is 13.4. The van der Waals surface area contributed by atoms with Crippen LogP contribution in [-0.2, 0) is 24.4 Å². The van der Waals surface area contributed by atoms with Gasteiger partial charge >= 0.3 is 5.69 Å². The van der Waals surface area contributed by atoms with Crippen molar-refractivity contribution in [1.29, 1.82) is 0 Å². The van der Waals surface area contributed by atoms with Crippen molar-refractivity contribution in [1.82, 2.24) is 14.5 Å². The molecule has 0 bridgehead atoms. The average Bonchev–Trinajstić information content (AvgIpc) is 3.44. The number of methoxy groups -OCH3 is 1. The van der Waals surface area contributed by atoms with E-state index in [-0.39, 0.29) is 36.3 Å². The van der Waals surface area contributed by atoms with Crippen LogP contribution in [0, 0.1) is 0 Å². The van der Waals surface area contributed by atoms with Gasteiger partial charge in [0.05, 0.1) is 23.7 Å². The molecular formula is C29H25ClN4O7. The number of nitrogens with zero attached hydrogens (tertiary/aromatic N) is 2. The highest BCUT2D eigenvalue weighted by atomic mass is 35.5. The van der Waals surface area contributed by atoms with Crippen molar-refractivity contribution in [2.75, 3.05) is 19.2 Å². The zero-order valence-electron chi connectivity index (χ0n) is 21.9. The van der Waals surface area contributed by atoms with Crippen LogP contribution in [0.4, 0.5) is 5.69 Å². The Labute approximate surface area is 238 Å². The van der Waals surface area contributed by atoms with Gasteiger partial charge in [0, 0.05) is 23.7 Å². The lowest BCUT2D eigenvalue weighted by atomic mass is 10.1. The largest absolute Gasteiger partial charge is 0.495 e. The normalized spacial score (nSPS) is 11.8. The Morgan fingerprint density at radius 1 is 1.05 bits per heavy atom. The summed E-state index contributed by atoms with van der Waals surface area (Å²) in [5, 5.41) is 6.04. The first-order valence-corrected chi connectivity index (χ1v) is 12.8. The van der Waals surface area contributed by atoms with Crippen molar-refractivity contribution in [3.63, 3.8) is 0 Å². The van der Waals surface area contributed by atoms with E-state index >= 15 is 0 Å². The molecule has 4 aromatic rings. The summed E-state index contributed by atoms with van der Waals surface area (Å²) in [5.74, 6) is 0.587. The molecule has 1 aliphatic rings. The fourth-order valence-corrected chi connectivity index (χ4v) is 4.62. The fraction of sp³-hybridized carbons (Fsp3) is 0.172. The lowest BCUT2D eigenvalue weighted by Gasteiger charge is -2.15. The predicted octanol–water partition coefficient (Wildman–Crippen LogP) is 3.31. The van der Waals surface area contributed by atoms with Gasteiger partial charge in [0.25, 0.3) is 11.5 Å². The summed E-state index contributed by atoms with van der Waals surface area (Å²) in [4.78, 5) is 52.6. The molecule has 5 rings (SSSR count). The minimum atomic E-state index is -0.728. The summed E-state index contributed by atoms with van der Waals surface area (Å²) in [5.41, 5.74) is 0.137. The zero-order chi connectivity index (χ0) is 29.1. The number of hydrogen-bond donors (Lipinski definition) is 2. The van der Waals surface area contributed by atoms with E-state index in [9.17, 15) is 19.2 Å². The molecule has 210 valence electrons. The van der Waals surface area contributed by atoms with E-state index in [4.69, 9.17) is 25.8 Å². The van der Waals surface area contributed by atoms with Crippen molar-refractivity contribution in [2.45, 2.75) is 19.6 Å². The summed E-state index contributed by atoms with van der Waals surface area (Å²) in [6, 6.07) is 14.4. The summed E-state index contributed by atoms with van der Waals surface area (Å²) < 4.78 is 18.1. The quantitative estimate of drug-likeness (QED) is 0.292. The van der Waals surface area contributed by atoms with E-state index in [2.05, 4.69) is 17.2 Å². The number of hydrogen-bond acceptors (Lipinski definition) is 7. The number of carbonyl (C=O) groups excluding carboxylic acids is 2. The van der Waals surface area contributed by atoms with E-state index in [0.717, 1.165) is 14.7 Å². The number of halogens is 1. The van der Waals surface area contributed by atoms with Gasteiger partial charge in [-0.2, -0.15) is 0 Å². The monoisotopic (exact) mass is 576 g/mol. The fourth-order valence-electron chi connectivity index (χ4n) is 4.45. The number of carbonyl (C=O) groups is 2. The maximum atomic E-state index is 13.4. The number of amides is 2. The third kappa shape index (κ3) is 5.66. The molecule has 2 heterocycles. The smallest absolute Gasteiger partial charge is 0.332 e. The number of fused-ring (bicyclic) bond motifs is 2. The number of ether oxygens (including phenoxy) is 3. The number of allylic oxidation sites excluding steroid dienone is 1. The highest BCUT2D eigenvalue weighted by Crippen LogP contribution is 2.32. The molecular weight excluding hydrogens is 552 g/mol. The Bertz CT molecular complexity index is 1810. The van der Waals surface area contributed by atoms with Gasteiger partial charge in [0.1, 0.15) is 12.3 Å². The first-order chi connectivity index (χ1) is 19.8. The molecule has 2 N–H and O–H groups in total. The second-order valence-corrected chi connectivity index (χ2v) is 9.50. The summed E-state index contributed by atoms with van der Waals surface area (Å²) in [6.07, 6.45) is 1.41. The molecule has 1 aliphatic heterocycles. The zero-order valence-corrected chi connectivity index (χ0v) is 22.7. The summed E-state index contributed by atoms with van der Waals surface area (Å²) in [6.45, 7) is 3.44. The molecule has 1 aromatic heterocycles. The molecule has 0 spiro atoms. The van der Waals surface area contributed by atoms with E-state index < -0.39 is 29.6 Å². The van der Waals surface area contributed by atoms with Gasteiger partial charge in [-0.25, -0.2) is 4.79 Å². The number of rotatable bonds is 9. The standard InChI is InChI=1S/C29H25ClN4O7/c1-3-10-33-28(37)20-7-5-18(27(36)31-14-17-4-8-24-25(11-17)41-16-40-24)12-22(20)34(29(33)38)15-26(35)32-21-13-19(30)6-9-23(21)39-2/h3-9,11-13H,1,10,14-16H2,2H3,(H,31,36)(H,32,35). The van der Waals surface area contributed by atoms with E-state index in [1.54, 1.807) is 30.3 Å². The second kappa shape index (κ2) is 11.6. The molecule has 3 aromatic carbocycles. The Balaban J connectivity index is 1.46. The molecule has 41 heavy (non-hydrogen) atoms. The van der Waals surface area contributed by atoms with Gasteiger partial charge in [-0.3, -0.25) is 23.5 Å². The Morgan fingerprint density at radius 2 is 1.85 bits per heavy atom. The molecule has 0 radical (unpaired) electrons. The minimum Gasteiger partial charge on any atom is -0.495 e. The molecule has 0 aliphatic carbocycles. The van der Waals surface area contributed by atoms with Crippen molar-refractivity contribution in [3.8, 4) is 17.2 Å². The average molecular weight is 577 g/mol. The van der Waals surface area contributed by atoms with Crippen LogP contribution in [0.5, 0.6) is 17.2 Å². The van der Waals surface area contributed by atoms with Gasteiger partial charge in [0.2, 0.25) is 12.7 Å². The summed E-state index contributed by atoms with van der Waals surface area (Å²) >= 11 is 6.07. The number of benzene rings is 3. The Kier molecular flexibility index (Phi) is 7.79. The summed E-state index contributed by atoms with van der Waals surface area (Å²) in [7, 11) is 1.45. The molecule has 2 amide bonds. The Morgan fingerprint density at radius 3 is 2.63 bits per heavy atom. The number of nitrogens with one attached hydrogen (secondary N) is 2. The van der Waals surface area contributed by atoms with Gasteiger partial charge < -0.3 is 24.8 Å². The third-order valence-electron chi connectivity index (χ3n) is 6.43. The molecule has 0 unspecified atom stereocenters. The van der Waals surface area contributed by atoms with Crippen molar-refractivity contribution in [2.24, 2.45) is 0 Å². The highest BCUT2D eigenvalue weighted by molar-refractivity contribution is 6.31. The molecule has 0 atom stereocenters. The van der Waals surface area contributed by atoms with Crippen LogP contribution in [0.2, 0.25) is 5.02 Å². The topological polar surface area (TPSA) is 130 Å².